The number of likely N-dealkylation sites (tertiary alicyclic amines) is 1. The summed E-state index contributed by atoms with van der Waals surface area (Å²) in [5, 5.41) is 6.70. The van der Waals surface area contributed by atoms with Crippen molar-refractivity contribution in [2.45, 2.75) is 34.1 Å². The number of nitrogens with one attached hydrogen (secondary N) is 3. The highest BCUT2D eigenvalue weighted by molar-refractivity contribution is 5.78. The second-order valence-electron chi connectivity index (χ2n) is 12.0. The lowest BCUT2D eigenvalue weighted by Crippen LogP contribution is -2.61. The first-order chi connectivity index (χ1) is 18.1. The van der Waals surface area contributed by atoms with E-state index < -0.39 is 5.76 Å². The van der Waals surface area contributed by atoms with Crippen molar-refractivity contribution in [3.63, 3.8) is 0 Å². The van der Waals surface area contributed by atoms with Gasteiger partial charge in [-0.15, -0.1) is 0 Å². The molecule has 4 heterocycles. The minimum Gasteiger partial charge on any atom is -0.408 e. The van der Waals surface area contributed by atoms with Gasteiger partial charge in [-0.05, 0) is 80.1 Å². The van der Waals surface area contributed by atoms with Gasteiger partial charge in [-0.2, -0.15) is 4.98 Å². The van der Waals surface area contributed by atoms with Crippen LogP contribution in [0.2, 0.25) is 0 Å². The summed E-state index contributed by atoms with van der Waals surface area (Å²) < 4.78 is 5.09. The highest BCUT2D eigenvalue weighted by Gasteiger charge is 2.47. The third-order valence-electron chi connectivity index (χ3n) is 7.75. The molecular formula is C29H35N7O2. The van der Waals surface area contributed by atoms with E-state index in [2.05, 4.69) is 76.4 Å². The van der Waals surface area contributed by atoms with Crippen LogP contribution < -0.4 is 21.3 Å². The standard InChI is InChI=1S/C29H35N7O2/c1-18-10-20(6-8-23(18)36-16-28(3)13-29(4,17-36)15-35(5)14-28)32-26-30-12-19(2)25(34-26)31-21-7-9-24-22(11-21)33-27(37)38-24/h6-12H,13-17H2,1-5H3,(H,33,37)(H2,30,31,32,34). The molecule has 0 radical (unpaired) electrons. The van der Waals surface area contributed by atoms with E-state index in [0.29, 0.717) is 33.7 Å². The number of H-pyrrole nitrogens is 1. The zero-order valence-corrected chi connectivity index (χ0v) is 22.7. The quantitative estimate of drug-likeness (QED) is 0.335. The summed E-state index contributed by atoms with van der Waals surface area (Å²) in [5.41, 5.74) is 6.96. The Morgan fingerprint density at radius 1 is 0.947 bits per heavy atom. The molecule has 2 fully saturated rings. The number of benzene rings is 2. The van der Waals surface area contributed by atoms with Crippen molar-refractivity contribution < 1.29 is 4.42 Å². The Morgan fingerprint density at radius 2 is 1.66 bits per heavy atom. The van der Waals surface area contributed by atoms with Crippen LogP contribution in [-0.4, -0.2) is 53.1 Å². The van der Waals surface area contributed by atoms with Crippen molar-refractivity contribution in [2.24, 2.45) is 10.8 Å². The summed E-state index contributed by atoms with van der Waals surface area (Å²) in [6, 6.07) is 11.9. The van der Waals surface area contributed by atoms with Crippen molar-refractivity contribution in [2.75, 3.05) is 48.8 Å². The zero-order chi connectivity index (χ0) is 26.7. The van der Waals surface area contributed by atoms with Crippen molar-refractivity contribution in [1.82, 2.24) is 19.9 Å². The predicted molar refractivity (Wildman–Crippen MR) is 152 cm³/mol. The number of nitrogens with zero attached hydrogens (tertiary/aromatic N) is 4. The Hall–Kier alpha value is -3.85. The van der Waals surface area contributed by atoms with Crippen LogP contribution in [0.25, 0.3) is 11.1 Å². The monoisotopic (exact) mass is 513 g/mol. The summed E-state index contributed by atoms with van der Waals surface area (Å²) in [4.78, 5) is 28.5. The zero-order valence-electron chi connectivity index (χ0n) is 22.7. The molecule has 6 rings (SSSR count). The highest BCUT2D eigenvalue weighted by Crippen LogP contribution is 2.46. The molecule has 2 aliphatic heterocycles. The van der Waals surface area contributed by atoms with Crippen LogP contribution in [0, 0.1) is 24.7 Å². The van der Waals surface area contributed by atoms with Crippen LogP contribution in [0.1, 0.15) is 31.4 Å². The van der Waals surface area contributed by atoms with Gasteiger partial charge in [-0.3, -0.25) is 4.98 Å². The maximum atomic E-state index is 11.5. The number of fused-ring (bicyclic) bond motifs is 3. The van der Waals surface area contributed by atoms with E-state index in [1.165, 1.54) is 17.7 Å². The average molecular weight is 514 g/mol. The van der Waals surface area contributed by atoms with Gasteiger partial charge in [0, 0.05) is 55.0 Å². The van der Waals surface area contributed by atoms with Gasteiger partial charge in [0.05, 0.1) is 5.52 Å². The molecule has 3 N–H and O–H groups in total. The molecule has 2 atom stereocenters. The summed E-state index contributed by atoms with van der Waals surface area (Å²) in [7, 11) is 2.26. The summed E-state index contributed by atoms with van der Waals surface area (Å²) in [6.07, 6.45) is 3.08. The van der Waals surface area contributed by atoms with Gasteiger partial charge < -0.3 is 24.9 Å². The third-order valence-corrected chi connectivity index (χ3v) is 7.75. The second kappa shape index (κ2) is 8.87. The maximum Gasteiger partial charge on any atom is 0.417 e. The normalized spacial score (nSPS) is 23.6. The molecule has 2 aliphatic rings. The molecular weight excluding hydrogens is 478 g/mol. The van der Waals surface area contributed by atoms with Gasteiger partial charge in [-0.25, -0.2) is 9.78 Å². The second-order valence-corrected chi connectivity index (χ2v) is 12.0. The van der Waals surface area contributed by atoms with Crippen LogP contribution in [0.4, 0.5) is 28.8 Å². The Labute approximate surface area is 222 Å². The maximum absolute atomic E-state index is 11.5. The molecule has 9 heteroatoms. The van der Waals surface area contributed by atoms with Crippen molar-refractivity contribution in [1.29, 1.82) is 0 Å². The fourth-order valence-electron chi connectivity index (χ4n) is 6.87. The number of piperidine rings is 2. The van der Waals surface area contributed by atoms with E-state index >= 15 is 0 Å². The van der Waals surface area contributed by atoms with E-state index in [-0.39, 0.29) is 0 Å². The third kappa shape index (κ3) is 4.74. The molecule has 4 aromatic rings. The van der Waals surface area contributed by atoms with E-state index in [0.717, 1.165) is 43.1 Å². The van der Waals surface area contributed by atoms with Gasteiger partial charge in [0.2, 0.25) is 5.95 Å². The predicted octanol–water partition coefficient (Wildman–Crippen LogP) is 5.18. The van der Waals surface area contributed by atoms with Crippen LogP contribution in [0.15, 0.2) is 51.8 Å². The van der Waals surface area contributed by atoms with Gasteiger partial charge in [-0.1, -0.05) is 13.8 Å². The number of aryl methyl sites for hydroxylation is 2. The minimum atomic E-state index is -0.470. The van der Waals surface area contributed by atoms with Crippen molar-refractivity contribution in [3.8, 4) is 0 Å². The Morgan fingerprint density at radius 3 is 2.39 bits per heavy atom. The van der Waals surface area contributed by atoms with Crippen LogP contribution in [-0.2, 0) is 0 Å². The molecule has 2 saturated heterocycles. The highest BCUT2D eigenvalue weighted by atomic mass is 16.4. The van der Waals surface area contributed by atoms with Crippen LogP contribution >= 0.6 is 0 Å². The Kier molecular flexibility index (Phi) is 5.72. The number of hydrogen-bond donors (Lipinski definition) is 3. The van der Waals surface area contributed by atoms with Gasteiger partial charge in [0.15, 0.2) is 5.58 Å². The summed E-state index contributed by atoms with van der Waals surface area (Å²) in [5.74, 6) is 0.730. The number of aromatic nitrogens is 3. The fourth-order valence-corrected chi connectivity index (χ4v) is 6.87. The van der Waals surface area contributed by atoms with Gasteiger partial charge in [0.25, 0.3) is 0 Å². The van der Waals surface area contributed by atoms with Crippen LogP contribution in [0.5, 0.6) is 0 Å². The number of aromatic amines is 1. The van der Waals surface area contributed by atoms with E-state index in [9.17, 15) is 4.79 Å². The number of oxazole rings is 1. The lowest BCUT2D eigenvalue weighted by molar-refractivity contribution is 0.00531. The first kappa shape index (κ1) is 24.5. The van der Waals surface area contributed by atoms with E-state index in [4.69, 9.17) is 9.40 Å². The summed E-state index contributed by atoms with van der Waals surface area (Å²) in [6.45, 7) is 13.5. The number of rotatable bonds is 5. The molecule has 2 aromatic heterocycles. The van der Waals surface area contributed by atoms with E-state index in [1.807, 2.05) is 19.1 Å². The topological polar surface area (TPSA) is 102 Å². The first-order valence-electron chi connectivity index (χ1n) is 13.1. The van der Waals surface area contributed by atoms with Crippen molar-refractivity contribution >= 4 is 39.9 Å². The fraction of sp³-hybridized carbons (Fsp3) is 0.414. The van der Waals surface area contributed by atoms with Crippen LogP contribution in [0.3, 0.4) is 0 Å². The van der Waals surface area contributed by atoms with Gasteiger partial charge >= 0.3 is 5.76 Å². The molecule has 2 unspecified atom stereocenters. The smallest absolute Gasteiger partial charge is 0.408 e. The minimum absolute atomic E-state index is 0.306. The first-order valence-corrected chi connectivity index (χ1v) is 13.1. The molecule has 0 spiro atoms. The number of hydrogen-bond acceptors (Lipinski definition) is 8. The lowest BCUT2D eigenvalue weighted by Gasteiger charge is -2.57. The largest absolute Gasteiger partial charge is 0.417 e. The van der Waals surface area contributed by atoms with E-state index in [1.54, 1.807) is 12.3 Å². The molecule has 0 saturated carbocycles. The molecule has 2 bridgehead atoms. The Balaban J connectivity index is 1.20. The molecule has 0 amide bonds. The summed E-state index contributed by atoms with van der Waals surface area (Å²) >= 11 is 0. The molecule has 38 heavy (non-hydrogen) atoms. The SMILES string of the molecule is Cc1cc(Nc2ncc(C)c(Nc3ccc4oc(=O)[nH]c4c3)n2)ccc1N1CC2(C)CN(C)CC(C)(C1)C2. The van der Waals surface area contributed by atoms with Gasteiger partial charge in [0.1, 0.15) is 5.82 Å². The van der Waals surface area contributed by atoms with Crippen molar-refractivity contribution in [3.05, 3.63) is 64.3 Å². The average Bonchev–Trinajstić information content (AvgIpc) is 3.18. The molecule has 9 nitrogen and oxygen atoms in total. The molecule has 198 valence electrons. The lowest BCUT2D eigenvalue weighted by atomic mass is 9.65. The number of anilines is 5. The molecule has 0 aliphatic carbocycles. The Bertz CT molecular complexity index is 1560. The molecule has 2 aromatic carbocycles.